The van der Waals surface area contributed by atoms with Crippen LogP contribution in [0.25, 0.3) is 0 Å². The van der Waals surface area contributed by atoms with Gasteiger partial charge in [0.2, 0.25) is 0 Å². The first kappa shape index (κ1) is 29.3. The van der Waals surface area contributed by atoms with E-state index in [4.69, 9.17) is 15.1 Å². The standard InChI is InChI=1S/C12H5F12O.BH3O3.Na/c13-8(14,15)5-25-9(11(19,20)21,12(22,23)24)6-2-1-3-7(4-6)10(16,17)18;2-1(3)4;/h2-4H,5H2;2-4H;. The monoisotopic (exact) mass is 478 g/mol. The molecular formula is C12H8BF12NaO4. The molecule has 18 heteroatoms. The molecule has 168 valence electrons. The van der Waals surface area contributed by atoms with Crippen LogP contribution in [0.5, 0.6) is 0 Å². The Morgan fingerprint density at radius 1 is 0.733 bits per heavy atom. The minimum atomic E-state index is -6.52. The average molecular weight is 478 g/mol. The summed E-state index contributed by atoms with van der Waals surface area (Å²) in [6, 6.07) is -0.117. The van der Waals surface area contributed by atoms with Crippen molar-refractivity contribution in [3.05, 3.63) is 29.3 Å². The van der Waals surface area contributed by atoms with E-state index in [-0.39, 0.29) is 6.07 Å². The summed E-state index contributed by atoms with van der Waals surface area (Å²) in [4.78, 5) is 0. The maximum atomic E-state index is 13.2. The van der Waals surface area contributed by atoms with Crippen molar-refractivity contribution in [2.75, 3.05) is 6.61 Å². The number of ether oxygens (including phenoxy) is 1. The van der Waals surface area contributed by atoms with Crippen molar-refractivity contribution >= 4 is 38.1 Å². The van der Waals surface area contributed by atoms with Gasteiger partial charge in [-0.15, -0.1) is 0 Å². The first-order valence-corrected chi connectivity index (χ1v) is 8.12. The van der Waals surface area contributed by atoms with Crippen LogP contribution >= 0.6 is 0 Å². The first-order valence-electron chi connectivity index (χ1n) is 7.12. The van der Waals surface area contributed by atoms with Gasteiger partial charge in [-0.25, -0.2) is 0 Å². The molecule has 1 aromatic rings. The van der Waals surface area contributed by atoms with Gasteiger partial charge in [-0.3, -0.25) is 0 Å². The third-order valence-electron chi connectivity index (χ3n) is 3.06. The molecule has 0 aliphatic heterocycles. The molecule has 0 saturated carbocycles. The minimum Gasteiger partial charge on any atom is -0.402 e. The zero-order valence-corrected chi connectivity index (χ0v) is 16.3. The average Bonchev–Trinajstić information content (AvgIpc) is 2.41. The van der Waals surface area contributed by atoms with Crippen molar-refractivity contribution in [2.45, 2.75) is 30.3 Å². The summed E-state index contributed by atoms with van der Waals surface area (Å²) in [5, 5.41) is 21.5. The van der Waals surface area contributed by atoms with Crippen molar-refractivity contribution in [3.8, 4) is 0 Å². The van der Waals surface area contributed by atoms with Gasteiger partial charge in [0.15, 0.2) is 0 Å². The third-order valence-corrected chi connectivity index (χ3v) is 3.64. The molecule has 0 unspecified atom stereocenters. The maximum absolute atomic E-state index is 13.2. The van der Waals surface area contributed by atoms with E-state index < -0.39 is 92.2 Å². The molecule has 0 saturated heterocycles. The fourth-order valence-electron chi connectivity index (χ4n) is 2.08. The predicted octanol–water partition coefficient (Wildman–Crippen LogP) is 2.35. The fraction of sp³-hybridized carbons (Fsp3) is 0.500. The van der Waals surface area contributed by atoms with E-state index in [9.17, 15) is 52.7 Å². The van der Waals surface area contributed by atoms with E-state index in [0.29, 0.717) is 6.07 Å². The molecule has 0 aromatic heterocycles. The van der Waals surface area contributed by atoms with Gasteiger partial charge >= 0.3 is 162 Å². The molecule has 1 rings (SSSR count). The number of hydrogen-bond acceptors (Lipinski definition) is 4. The molecule has 0 aliphatic rings. The number of alkyl halides is 12. The van der Waals surface area contributed by atoms with Crippen molar-refractivity contribution in [1.82, 2.24) is 0 Å². The van der Waals surface area contributed by atoms with Gasteiger partial charge < -0.3 is 15.1 Å². The van der Waals surface area contributed by atoms with Crippen LogP contribution in [0.2, 0.25) is 0 Å². The van der Waals surface area contributed by atoms with E-state index in [1.807, 2.05) is 0 Å². The van der Waals surface area contributed by atoms with Crippen LogP contribution in [0, 0.1) is 0 Å². The molecule has 0 spiro atoms. The third kappa shape index (κ3) is 8.09. The Morgan fingerprint density at radius 2 is 1.10 bits per heavy atom. The van der Waals surface area contributed by atoms with Crippen molar-refractivity contribution in [2.24, 2.45) is 0 Å². The van der Waals surface area contributed by atoms with E-state index in [1.165, 1.54) is 0 Å². The van der Waals surface area contributed by atoms with Gasteiger partial charge in [0, 0.05) is 0 Å². The van der Waals surface area contributed by atoms with E-state index >= 15 is 0 Å². The molecule has 0 aliphatic carbocycles. The Balaban J connectivity index is 0.00000192. The Labute approximate surface area is 177 Å². The smallest absolute Gasteiger partial charge is 0.402 e. The summed E-state index contributed by atoms with van der Waals surface area (Å²) in [6.07, 6.45) is -23.9. The molecule has 0 radical (unpaired) electrons. The summed E-state index contributed by atoms with van der Waals surface area (Å²) in [7, 11) is -2.17. The summed E-state index contributed by atoms with van der Waals surface area (Å²) in [6.45, 7) is -2.97. The van der Waals surface area contributed by atoms with Gasteiger partial charge in [-0.05, 0) is 0 Å². The zero-order valence-electron chi connectivity index (χ0n) is 14.3. The number of halogens is 12. The van der Waals surface area contributed by atoms with E-state index in [0.717, 1.165) is 0 Å². The van der Waals surface area contributed by atoms with Gasteiger partial charge in [0.1, 0.15) is 0 Å². The second-order valence-corrected chi connectivity index (χ2v) is 6.67. The van der Waals surface area contributed by atoms with E-state index in [1.54, 1.807) is 0 Å². The normalized spacial score (nSPS) is 13.6. The van der Waals surface area contributed by atoms with Gasteiger partial charge in [-0.1, -0.05) is 0 Å². The van der Waals surface area contributed by atoms with Crippen LogP contribution in [-0.4, -0.2) is 75.5 Å². The van der Waals surface area contributed by atoms with Crippen molar-refractivity contribution < 1.29 is 72.5 Å². The second kappa shape index (κ2) is 9.83. The van der Waals surface area contributed by atoms with Gasteiger partial charge in [0.25, 0.3) is 0 Å². The van der Waals surface area contributed by atoms with Crippen LogP contribution in [-0.2, 0) is 16.5 Å². The molecular weight excluding hydrogens is 470 g/mol. The second-order valence-electron chi connectivity index (χ2n) is 5.51. The van der Waals surface area contributed by atoms with Gasteiger partial charge in [-0.2, -0.15) is 0 Å². The zero-order chi connectivity index (χ0) is 24.3. The minimum absolute atomic E-state index is 0.0960. The number of hydrogen-bond donors (Lipinski definition) is 3. The summed E-state index contributed by atoms with van der Waals surface area (Å²) in [5.74, 6) is 0. The van der Waals surface area contributed by atoms with Gasteiger partial charge in [0.05, 0.1) is 0 Å². The molecule has 3 N–H and O–H groups in total. The van der Waals surface area contributed by atoms with Crippen LogP contribution in [0.4, 0.5) is 52.7 Å². The molecule has 0 bridgehead atoms. The van der Waals surface area contributed by atoms with Crippen LogP contribution in [0.15, 0.2) is 18.2 Å². The molecule has 0 atom stereocenters. The summed E-state index contributed by atoms with van der Waals surface area (Å²) >= 11 is -0.405. The Bertz CT molecular complexity index is 682. The maximum Gasteiger partial charge on any atom is 0.631 e. The van der Waals surface area contributed by atoms with E-state index in [2.05, 4.69) is 4.74 Å². The SMILES string of the molecule is FC(F)(F)COC(c1c[c]([Na])cc(C(F)(F)F)c1)(C(F)(F)F)C(F)(F)F.OB(O)O. The first-order chi connectivity index (χ1) is 13.0. The van der Waals surface area contributed by atoms with Crippen molar-refractivity contribution in [3.63, 3.8) is 0 Å². The molecule has 30 heavy (non-hydrogen) atoms. The summed E-state index contributed by atoms with van der Waals surface area (Å²) < 4.78 is 157. The summed E-state index contributed by atoms with van der Waals surface area (Å²) in [5.41, 5.74) is -9.56. The van der Waals surface area contributed by atoms with Crippen LogP contribution in [0.1, 0.15) is 11.1 Å². The Hall–Kier alpha value is -0.715. The van der Waals surface area contributed by atoms with Crippen LogP contribution in [0.3, 0.4) is 0 Å². The van der Waals surface area contributed by atoms with Crippen molar-refractivity contribution in [1.29, 1.82) is 0 Å². The molecule has 1 aromatic carbocycles. The molecule has 0 heterocycles. The fourth-order valence-corrected chi connectivity index (χ4v) is 2.70. The van der Waals surface area contributed by atoms with Crippen LogP contribution < -0.4 is 2.81 Å². The molecule has 0 amide bonds. The Morgan fingerprint density at radius 3 is 1.40 bits per heavy atom. The number of rotatable bonds is 3. The topological polar surface area (TPSA) is 69.9 Å². The molecule has 0 fully saturated rings. The number of benzene rings is 1. The Kier molecular flexibility index (Phi) is 9.59. The predicted molar refractivity (Wildman–Crippen MR) is 75.0 cm³/mol. The molecule has 4 nitrogen and oxygen atoms in total. The quantitative estimate of drug-likeness (QED) is 0.462. The largest absolute Gasteiger partial charge is 0.631 e.